The molecule has 0 aromatic heterocycles. The molecule has 2 heterocycles. The molecule has 2 aliphatic heterocycles. The summed E-state index contributed by atoms with van der Waals surface area (Å²) in [7, 11) is 3.45. The van der Waals surface area contributed by atoms with Crippen molar-refractivity contribution in [1.82, 2.24) is 36.6 Å². The standard InChI is InChI=1S/C75H107N8O27P/c1-44(2)83(45(3)4)111(37-21-33-76-13)110-59(39-103-75(54-22-17-16-18-23-54,55-25-29-57(96-14)30-26-55)56-27-31-58(97-15)32-28-56)38-102-74(95)79-36-35-78-71(94)60(82-64(93)43-101-73-66(81-47(6)85)70(107-53(12)91)68(105-51(10)89)62(109-73)41-99-49(8)87)24-19-20-34-77-63(92)42-100-72-65(80-46(5)84)69(106-52(11)90)67(104-50(9)88)61(108-72)40-98-48(7)86/h16-18,22-23,25-33,44-45,59-62,65-70,72-73H,19-21,24,34-43H2,1-15H3,(H,77,92)(H,78,94)(H,79,95)(H,80,84)(H,81,85)(H,82,93)/t59-,60-,61+,62+,65+,66+,67-,68-,69+,70+,72+,73+,111?/m0/s1. The van der Waals surface area contributed by atoms with Crippen LogP contribution in [0.4, 0.5) is 4.79 Å². The molecule has 2 fully saturated rings. The fourth-order valence-electron chi connectivity index (χ4n) is 12.3. The highest BCUT2D eigenvalue weighted by Gasteiger charge is 2.53. The molecule has 2 aliphatic rings. The lowest BCUT2D eigenvalue weighted by atomic mass is 9.80. The maximum atomic E-state index is 14.3. The number of nitrogens with one attached hydrogen (secondary N) is 6. The van der Waals surface area contributed by atoms with E-state index in [9.17, 15) is 57.5 Å². The summed E-state index contributed by atoms with van der Waals surface area (Å²) in [5, 5.41) is 15.8. The average Bonchev–Trinajstić information content (AvgIpc) is 0.756. The molecule has 614 valence electrons. The first-order chi connectivity index (χ1) is 52.8. The molecule has 6 N–H and O–H groups in total. The van der Waals surface area contributed by atoms with Gasteiger partial charge in [-0.15, -0.1) is 0 Å². The van der Waals surface area contributed by atoms with E-state index in [2.05, 4.69) is 69.3 Å². The van der Waals surface area contributed by atoms with Crippen LogP contribution in [0.15, 0.2) is 83.9 Å². The zero-order valence-electron chi connectivity index (χ0n) is 65.4. The zero-order valence-corrected chi connectivity index (χ0v) is 66.3. The Bertz CT molecular complexity index is 3500. The lowest BCUT2D eigenvalue weighted by Crippen LogP contribution is -2.66. The van der Waals surface area contributed by atoms with Crippen molar-refractivity contribution >= 4 is 86.0 Å². The molecule has 2 saturated heterocycles. The molecule has 5 rings (SSSR count). The number of hydrogen-bond acceptors (Lipinski definition) is 29. The summed E-state index contributed by atoms with van der Waals surface area (Å²) in [5.74, 6) is -7.40. The highest BCUT2D eigenvalue weighted by Crippen LogP contribution is 2.48. The molecular weight excluding hydrogens is 1480 g/mol. The van der Waals surface area contributed by atoms with Gasteiger partial charge in [-0.2, -0.15) is 0 Å². The first-order valence-corrected chi connectivity index (χ1v) is 37.6. The van der Waals surface area contributed by atoms with Gasteiger partial charge < -0.3 is 108 Å². The third-order valence-corrected chi connectivity index (χ3v) is 19.4. The topological polar surface area (TPSA) is 431 Å². The van der Waals surface area contributed by atoms with Gasteiger partial charge in [0.2, 0.25) is 29.5 Å². The van der Waals surface area contributed by atoms with E-state index in [-0.39, 0.29) is 64.2 Å². The minimum atomic E-state index is -1.66. The molecule has 0 saturated carbocycles. The number of rotatable bonds is 44. The quantitative estimate of drug-likeness (QED) is 0.0117. The average molecular weight is 1580 g/mol. The van der Waals surface area contributed by atoms with Gasteiger partial charge in [0.15, 0.2) is 37.0 Å². The molecule has 35 nitrogen and oxygen atoms in total. The maximum Gasteiger partial charge on any atom is 0.407 e. The molecular formula is C75H107N8O27P. The van der Waals surface area contributed by atoms with Gasteiger partial charge in [-0.05, 0) is 101 Å². The highest BCUT2D eigenvalue weighted by atomic mass is 31.2. The summed E-state index contributed by atoms with van der Waals surface area (Å²) < 4.78 is 89.8. The van der Waals surface area contributed by atoms with E-state index in [0.717, 1.165) is 72.1 Å². The number of esters is 6. The minimum absolute atomic E-state index is 0.0352. The Morgan fingerprint density at radius 1 is 0.541 bits per heavy atom. The zero-order chi connectivity index (χ0) is 81.9. The molecule has 111 heavy (non-hydrogen) atoms. The SMILES string of the molecule is CN=CCCP(O[C@@H](COC(=O)NCCNC(=O)[C@H](CCCCNC(=O)CO[C@@H]1O[C@H](COC(C)=O)[C@H](OC(C)=O)[C@H](OC(C)=O)[C@H]1NC(C)=O)NC(=O)CO[C@@H]1O[C@H](COC(C)=O)[C@H](OC(C)=O)[C@H](OC(C)=O)[C@H]1NC(C)=O)COC(c1ccccc1)(c1ccc(OC)cc1)c1ccc(OC)cc1)N(C(C)C)C(C)C. The van der Waals surface area contributed by atoms with E-state index in [1.54, 1.807) is 21.3 Å². The number of carbonyl (C=O) groups excluding carboxylic acids is 12. The van der Waals surface area contributed by atoms with Crippen LogP contribution in [0.1, 0.15) is 125 Å². The Morgan fingerprint density at radius 3 is 1.44 bits per heavy atom. The van der Waals surface area contributed by atoms with E-state index in [1.807, 2.05) is 85.1 Å². The van der Waals surface area contributed by atoms with Gasteiger partial charge in [-0.1, -0.05) is 54.6 Å². The van der Waals surface area contributed by atoms with Crippen molar-refractivity contribution in [3.63, 3.8) is 0 Å². The van der Waals surface area contributed by atoms with Crippen LogP contribution in [-0.2, 0) is 120 Å². The smallest absolute Gasteiger partial charge is 0.407 e. The molecule has 0 radical (unpaired) electrons. The van der Waals surface area contributed by atoms with Crippen molar-refractivity contribution in [2.45, 2.75) is 200 Å². The van der Waals surface area contributed by atoms with Crippen molar-refractivity contribution < 1.29 is 128 Å². The third-order valence-electron chi connectivity index (χ3n) is 16.8. The Kier molecular flexibility index (Phi) is 39.0. The molecule has 13 atom stereocenters. The Morgan fingerprint density at radius 2 is 1.00 bits per heavy atom. The number of amides is 6. The van der Waals surface area contributed by atoms with Crippen molar-refractivity contribution in [2.24, 2.45) is 4.99 Å². The number of nitrogens with zero attached hydrogens (tertiary/aromatic N) is 2. The first-order valence-electron chi connectivity index (χ1n) is 36.2. The molecule has 1 unspecified atom stereocenters. The van der Waals surface area contributed by atoms with Crippen LogP contribution in [0, 0.1) is 0 Å². The Hall–Kier alpha value is -9.48. The molecule has 6 amide bonds. The third kappa shape index (κ3) is 30.3. The van der Waals surface area contributed by atoms with Gasteiger partial charge in [0.25, 0.3) is 0 Å². The molecule has 3 aromatic carbocycles. The van der Waals surface area contributed by atoms with Gasteiger partial charge in [0, 0.05) is 100 Å². The Labute approximate surface area is 647 Å². The summed E-state index contributed by atoms with van der Waals surface area (Å²) in [6.45, 7) is 13.5. The normalized spacial score (nSPS) is 20.4. The summed E-state index contributed by atoms with van der Waals surface area (Å²) in [6.07, 6.45) is -10.4. The van der Waals surface area contributed by atoms with Crippen LogP contribution in [0.5, 0.6) is 11.5 Å². The number of alkyl carbamates (subject to hydrolysis) is 1. The number of unbranched alkanes of at least 4 members (excludes halogenated alkanes) is 1. The summed E-state index contributed by atoms with van der Waals surface area (Å²) in [6, 6.07) is 20.6. The van der Waals surface area contributed by atoms with Crippen LogP contribution >= 0.6 is 8.30 Å². The number of ether oxygens (including phenoxy) is 14. The highest BCUT2D eigenvalue weighted by molar-refractivity contribution is 7.50. The van der Waals surface area contributed by atoms with Crippen LogP contribution in [0.2, 0.25) is 0 Å². The van der Waals surface area contributed by atoms with Crippen molar-refractivity contribution in [2.75, 3.05) is 86.7 Å². The molecule has 0 aliphatic carbocycles. The predicted octanol–water partition coefficient (Wildman–Crippen LogP) is 3.88. The number of methoxy groups -OCH3 is 2. The van der Waals surface area contributed by atoms with Crippen molar-refractivity contribution in [3.05, 3.63) is 95.6 Å². The fourth-order valence-corrected chi connectivity index (χ4v) is 14.6. The van der Waals surface area contributed by atoms with Gasteiger partial charge in [-0.3, -0.25) is 57.4 Å². The van der Waals surface area contributed by atoms with E-state index in [0.29, 0.717) is 24.1 Å². The van der Waals surface area contributed by atoms with Gasteiger partial charge in [-0.25, -0.2) is 4.79 Å². The van der Waals surface area contributed by atoms with Crippen LogP contribution in [0.3, 0.4) is 0 Å². The van der Waals surface area contributed by atoms with E-state index in [4.69, 9.17) is 70.8 Å². The predicted molar refractivity (Wildman–Crippen MR) is 397 cm³/mol. The van der Waals surface area contributed by atoms with E-state index >= 15 is 0 Å². The number of aliphatic imine (C=N–C) groups is 1. The minimum Gasteiger partial charge on any atom is -0.497 e. The largest absolute Gasteiger partial charge is 0.497 e. The molecule has 0 bridgehead atoms. The summed E-state index contributed by atoms with van der Waals surface area (Å²) in [5.41, 5.74) is 0.990. The lowest BCUT2D eigenvalue weighted by Gasteiger charge is -2.44. The molecule has 3 aromatic rings. The summed E-state index contributed by atoms with van der Waals surface area (Å²) in [4.78, 5) is 158. The monoisotopic (exact) mass is 1580 g/mol. The second kappa shape index (κ2) is 47.0. The first kappa shape index (κ1) is 92.1. The summed E-state index contributed by atoms with van der Waals surface area (Å²) >= 11 is 0. The Balaban J connectivity index is 1.38. The number of hydrogen-bond donors (Lipinski definition) is 6. The van der Waals surface area contributed by atoms with Crippen molar-refractivity contribution in [3.8, 4) is 11.5 Å². The molecule has 36 heteroatoms. The number of benzene rings is 3. The number of carbonyl (C=O) groups is 12. The second-order valence-corrected chi connectivity index (χ2v) is 28.1. The van der Waals surface area contributed by atoms with E-state index in [1.165, 1.54) is 0 Å². The van der Waals surface area contributed by atoms with Crippen LogP contribution in [-0.4, -0.2) is 255 Å². The fraction of sp³-hybridized carbons (Fsp3) is 0.587. The van der Waals surface area contributed by atoms with E-state index < -0.39 is 185 Å². The van der Waals surface area contributed by atoms with Gasteiger partial charge >= 0.3 is 41.9 Å². The maximum absolute atomic E-state index is 14.3. The van der Waals surface area contributed by atoms with Gasteiger partial charge in [0.05, 0.1) is 20.8 Å². The second-order valence-electron chi connectivity index (χ2n) is 26.3. The van der Waals surface area contributed by atoms with Crippen LogP contribution < -0.4 is 41.4 Å². The molecule has 0 spiro atoms. The van der Waals surface area contributed by atoms with Crippen LogP contribution in [0.25, 0.3) is 0 Å². The van der Waals surface area contributed by atoms with Crippen molar-refractivity contribution in [1.29, 1.82) is 0 Å². The van der Waals surface area contributed by atoms with Gasteiger partial charge in [0.1, 0.15) is 94.9 Å². The lowest BCUT2D eigenvalue weighted by molar-refractivity contribution is -0.276.